The lowest BCUT2D eigenvalue weighted by Gasteiger charge is -2.06. The molecule has 0 unspecified atom stereocenters. The molecule has 0 saturated heterocycles. The van der Waals surface area contributed by atoms with Crippen LogP contribution in [0.15, 0.2) is 18.2 Å². The first-order valence-electron chi connectivity index (χ1n) is 5.60. The molecule has 0 bridgehead atoms. The summed E-state index contributed by atoms with van der Waals surface area (Å²) >= 11 is 0. The van der Waals surface area contributed by atoms with Crippen molar-refractivity contribution in [2.75, 3.05) is 33.5 Å². The lowest BCUT2D eigenvalue weighted by Crippen LogP contribution is -2.08. The number of hydrogen-bond acceptors (Lipinski definition) is 4. The fraction of sp³-hybridized carbons (Fsp3) is 0.462. The van der Waals surface area contributed by atoms with Gasteiger partial charge in [0.1, 0.15) is 5.82 Å². The number of hydrogen-bond donors (Lipinski definition) is 0. The number of halogens is 1. The zero-order valence-electron chi connectivity index (χ0n) is 10.3. The minimum atomic E-state index is -0.427. The third-order valence-electron chi connectivity index (χ3n) is 2.16. The van der Waals surface area contributed by atoms with E-state index >= 15 is 0 Å². The molecule has 4 nitrogen and oxygen atoms in total. The van der Waals surface area contributed by atoms with Gasteiger partial charge in [0.15, 0.2) is 0 Å². The minimum Gasteiger partial charge on any atom is -0.382 e. The van der Waals surface area contributed by atoms with E-state index in [4.69, 9.17) is 19.5 Å². The SMILES string of the molecule is COCCOCCOCc1cc(F)cc(C#N)c1. The van der Waals surface area contributed by atoms with Crippen LogP contribution in [0.1, 0.15) is 11.1 Å². The highest BCUT2D eigenvalue weighted by Crippen LogP contribution is 2.09. The number of nitrogens with zero attached hydrogens (tertiary/aromatic N) is 1. The molecule has 1 aromatic carbocycles. The monoisotopic (exact) mass is 253 g/mol. The van der Waals surface area contributed by atoms with E-state index < -0.39 is 5.82 Å². The summed E-state index contributed by atoms with van der Waals surface area (Å²) in [6.07, 6.45) is 0. The molecule has 98 valence electrons. The van der Waals surface area contributed by atoms with Gasteiger partial charge in [0.2, 0.25) is 0 Å². The summed E-state index contributed by atoms with van der Waals surface area (Å²) in [5.74, 6) is -0.427. The van der Waals surface area contributed by atoms with Gasteiger partial charge in [-0.15, -0.1) is 0 Å². The van der Waals surface area contributed by atoms with Gasteiger partial charge in [-0.2, -0.15) is 5.26 Å². The number of nitriles is 1. The predicted molar refractivity (Wildman–Crippen MR) is 63.5 cm³/mol. The molecule has 0 atom stereocenters. The zero-order valence-corrected chi connectivity index (χ0v) is 10.3. The van der Waals surface area contributed by atoms with Gasteiger partial charge < -0.3 is 14.2 Å². The molecule has 18 heavy (non-hydrogen) atoms. The summed E-state index contributed by atoms with van der Waals surface area (Å²) in [4.78, 5) is 0. The Hall–Kier alpha value is -1.48. The summed E-state index contributed by atoms with van der Waals surface area (Å²) in [6, 6.07) is 6.05. The van der Waals surface area contributed by atoms with Crippen molar-refractivity contribution < 1.29 is 18.6 Å². The van der Waals surface area contributed by atoms with E-state index in [1.807, 2.05) is 6.07 Å². The molecule has 1 aromatic rings. The van der Waals surface area contributed by atoms with Crippen molar-refractivity contribution >= 4 is 0 Å². The number of ether oxygens (including phenoxy) is 3. The van der Waals surface area contributed by atoms with Crippen molar-refractivity contribution in [2.45, 2.75) is 6.61 Å². The molecule has 0 saturated carbocycles. The van der Waals surface area contributed by atoms with Gasteiger partial charge in [-0.3, -0.25) is 0 Å². The van der Waals surface area contributed by atoms with E-state index in [1.54, 1.807) is 13.2 Å². The molecular weight excluding hydrogens is 237 g/mol. The quantitative estimate of drug-likeness (QED) is 0.664. The average Bonchev–Trinajstić information content (AvgIpc) is 2.37. The Bertz CT molecular complexity index is 404. The van der Waals surface area contributed by atoms with Crippen LogP contribution < -0.4 is 0 Å². The van der Waals surface area contributed by atoms with Crippen molar-refractivity contribution in [2.24, 2.45) is 0 Å². The maximum absolute atomic E-state index is 13.1. The van der Waals surface area contributed by atoms with E-state index in [0.29, 0.717) is 37.6 Å². The summed E-state index contributed by atoms with van der Waals surface area (Å²) in [6.45, 7) is 2.22. The van der Waals surface area contributed by atoms with E-state index in [2.05, 4.69) is 0 Å². The molecule has 0 N–H and O–H groups in total. The molecule has 0 aromatic heterocycles. The first kappa shape index (κ1) is 14.6. The first-order valence-corrected chi connectivity index (χ1v) is 5.60. The van der Waals surface area contributed by atoms with Crippen molar-refractivity contribution in [3.05, 3.63) is 35.1 Å². The molecular formula is C13H16FNO3. The Kier molecular flexibility index (Phi) is 6.96. The van der Waals surface area contributed by atoms with Crippen molar-refractivity contribution in [1.82, 2.24) is 0 Å². The molecule has 5 heteroatoms. The van der Waals surface area contributed by atoms with Crippen molar-refractivity contribution in [1.29, 1.82) is 5.26 Å². The third-order valence-corrected chi connectivity index (χ3v) is 2.16. The van der Waals surface area contributed by atoms with Crippen LogP contribution in [0.2, 0.25) is 0 Å². The van der Waals surface area contributed by atoms with Crippen molar-refractivity contribution in [3.63, 3.8) is 0 Å². The largest absolute Gasteiger partial charge is 0.382 e. The van der Waals surface area contributed by atoms with Crippen LogP contribution in [-0.4, -0.2) is 33.5 Å². The average molecular weight is 253 g/mol. The Morgan fingerprint density at radius 3 is 2.56 bits per heavy atom. The summed E-state index contributed by atoms with van der Waals surface area (Å²) in [5.41, 5.74) is 0.938. The summed E-state index contributed by atoms with van der Waals surface area (Å²) in [7, 11) is 1.61. The van der Waals surface area contributed by atoms with Crippen molar-refractivity contribution in [3.8, 4) is 6.07 Å². The Morgan fingerprint density at radius 2 is 1.83 bits per heavy atom. The van der Waals surface area contributed by atoms with Gasteiger partial charge in [-0.1, -0.05) is 0 Å². The standard InChI is InChI=1S/C13H16FNO3/c1-16-2-3-17-4-5-18-10-12-6-11(9-15)7-13(14)8-12/h6-8H,2-5,10H2,1H3. The van der Waals surface area contributed by atoms with E-state index in [0.717, 1.165) is 0 Å². The molecule has 0 radical (unpaired) electrons. The van der Waals surface area contributed by atoms with Crippen LogP contribution in [0.5, 0.6) is 0 Å². The van der Waals surface area contributed by atoms with Gasteiger partial charge in [-0.05, 0) is 23.8 Å². The van der Waals surface area contributed by atoms with Gasteiger partial charge in [0.05, 0.1) is 44.7 Å². The molecule has 0 spiro atoms. The first-order chi connectivity index (χ1) is 8.76. The van der Waals surface area contributed by atoms with Crippen LogP contribution in [0.25, 0.3) is 0 Å². The molecule has 0 heterocycles. The second-order valence-corrected chi connectivity index (χ2v) is 3.62. The van der Waals surface area contributed by atoms with E-state index in [9.17, 15) is 4.39 Å². The Morgan fingerprint density at radius 1 is 1.11 bits per heavy atom. The Labute approximate surface area is 106 Å². The fourth-order valence-electron chi connectivity index (χ4n) is 1.35. The van der Waals surface area contributed by atoms with Crippen LogP contribution in [0, 0.1) is 17.1 Å². The summed E-state index contributed by atoms with van der Waals surface area (Å²) < 4.78 is 28.4. The predicted octanol–water partition coefficient (Wildman–Crippen LogP) is 1.88. The smallest absolute Gasteiger partial charge is 0.124 e. The highest BCUT2D eigenvalue weighted by Gasteiger charge is 2.00. The molecule has 0 fully saturated rings. The van der Waals surface area contributed by atoms with Crippen LogP contribution >= 0.6 is 0 Å². The van der Waals surface area contributed by atoms with Gasteiger partial charge in [0, 0.05) is 7.11 Å². The maximum atomic E-state index is 13.1. The highest BCUT2D eigenvalue weighted by atomic mass is 19.1. The topological polar surface area (TPSA) is 51.5 Å². The molecule has 0 amide bonds. The lowest BCUT2D eigenvalue weighted by molar-refractivity contribution is 0.0199. The van der Waals surface area contributed by atoms with Gasteiger partial charge in [0.25, 0.3) is 0 Å². The lowest BCUT2D eigenvalue weighted by atomic mass is 10.1. The minimum absolute atomic E-state index is 0.264. The van der Waals surface area contributed by atoms with Crippen LogP contribution in [0.4, 0.5) is 4.39 Å². The molecule has 0 aliphatic carbocycles. The zero-order chi connectivity index (χ0) is 13.2. The number of benzene rings is 1. The normalized spacial score (nSPS) is 10.3. The summed E-state index contributed by atoms with van der Waals surface area (Å²) in [5, 5.41) is 8.69. The highest BCUT2D eigenvalue weighted by molar-refractivity contribution is 5.33. The van der Waals surface area contributed by atoms with E-state index in [-0.39, 0.29) is 6.61 Å². The second-order valence-electron chi connectivity index (χ2n) is 3.62. The second kappa shape index (κ2) is 8.59. The van der Waals surface area contributed by atoms with E-state index in [1.165, 1.54) is 12.1 Å². The molecule has 0 aliphatic rings. The Balaban J connectivity index is 2.23. The number of methoxy groups -OCH3 is 1. The number of rotatable bonds is 8. The van der Waals surface area contributed by atoms with Gasteiger partial charge in [-0.25, -0.2) is 4.39 Å². The third kappa shape index (κ3) is 5.73. The van der Waals surface area contributed by atoms with Crippen LogP contribution in [-0.2, 0) is 20.8 Å². The molecule has 0 aliphatic heterocycles. The fourth-order valence-corrected chi connectivity index (χ4v) is 1.35. The van der Waals surface area contributed by atoms with Crippen LogP contribution in [0.3, 0.4) is 0 Å². The molecule has 1 rings (SSSR count). The van der Waals surface area contributed by atoms with Gasteiger partial charge >= 0.3 is 0 Å². The maximum Gasteiger partial charge on any atom is 0.124 e.